The average molecular weight is 356 g/mol. The topological polar surface area (TPSA) is 66.8 Å². The van der Waals surface area contributed by atoms with Crippen molar-refractivity contribution in [3.05, 3.63) is 78.9 Å². The Labute approximate surface area is 147 Å². The molecule has 0 saturated carbocycles. The minimum atomic E-state index is -3.09. The molecule has 3 aromatic carbocycles. The van der Waals surface area contributed by atoms with Gasteiger partial charge in [0.15, 0.2) is 0 Å². The summed E-state index contributed by atoms with van der Waals surface area (Å²) in [6.07, 6.45) is 0. The Morgan fingerprint density at radius 2 is 1.20 bits per heavy atom. The molecular weight excluding hydrogens is 335 g/mol. The largest absolute Gasteiger partial charge is 0.436 e. The first-order chi connectivity index (χ1) is 12.3. The van der Waals surface area contributed by atoms with Crippen LogP contribution in [0.15, 0.2) is 78.9 Å². The second-order valence-corrected chi connectivity index (χ2v) is 7.28. The number of rotatable bonds is 1. The van der Waals surface area contributed by atoms with E-state index in [4.69, 9.17) is 14.7 Å². The van der Waals surface area contributed by atoms with E-state index < -0.39 is 7.37 Å². The van der Waals surface area contributed by atoms with Crippen LogP contribution < -0.4 is 15.1 Å². The average Bonchev–Trinajstić information content (AvgIpc) is 2.72. The van der Waals surface area contributed by atoms with Gasteiger partial charge in [-0.25, -0.2) is 0 Å². The highest BCUT2D eigenvalue weighted by Crippen LogP contribution is 2.53. The first-order valence-electron chi connectivity index (χ1n) is 7.73. The summed E-state index contributed by atoms with van der Waals surface area (Å²) in [5.74, 6) is 0.684. The number of para-hydroxylation sites is 1. The summed E-state index contributed by atoms with van der Waals surface area (Å²) in [6, 6.07) is 25.0. The molecule has 130 valence electrons. The Kier molecular flexibility index (Phi) is 6.54. The summed E-state index contributed by atoms with van der Waals surface area (Å²) in [5, 5.41) is 15.5. The van der Waals surface area contributed by atoms with E-state index in [9.17, 15) is 4.57 Å². The second-order valence-electron chi connectivity index (χ2n) is 4.99. The third kappa shape index (κ3) is 3.52. The number of hydrogen-bond acceptors (Lipinski definition) is 4. The fraction of sp³-hybridized carbons (Fsp3) is 0.100. The molecule has 0 amide bonds. The molecule has 0 aromatic heterocycles. The lowest BCUT2D eigenvalue weighted by molar-refractivity contribution is 0.399. The van der Waals surface area contributed by atoms with Crippen molar-refractivity contribution in [1.29, 1.82) is 0 Å². The number of benzene rings is 3. The van der Waals surface area contributed by atoms with E-state index in [1.807, 2.05) is 78.9 Å². The molecular formula is C20H21O4P. The maximum atomic E-state index is 13.6. The van der Waals surface area contributed by atoms with Crippen LogP contribution in [0.4, 0.5) is 0 Å². The summed E-state index contributed by atoms with van der Waals surface area (Å²) in [5.41, 5.74) is 1.99. The molecule has 4 nitrogen and oxygen atoms in total. The van der Waals surface area contributed by atoms with Crippen LogP contribution in [-0.2, 0) is 4.57 Å². The molecule has 1 aliphatic heterocycles. The normalized spacial score (nSPS) is 16.6. The van der Waals surface area contributed by atoms with Gasteiger partial charge in [-0.2, -0.15) is 0 Å². The van der Waals surface area contributed by atoms with E-state index in [-0.39, 0.29) is 0 Å². The van der Waals surface area contributed by atoms with E-state index in [0.717, 1.165) is 36.0 Å². The van der Waals surface area contributed by atoms with Crippen molar-refractivity contribution in [2.24, 2.45) is 0 Å². The first-order valence-corrected chi connectivity index (χ1v) is 9.35. The number of aliphatic hydroxyl groups is 2. The van der Waals surface area contributed by atoms with E-state index in [2.05, 4.69) is 0 Å². The molecule has 0 radical (unpaired) electrons. The Hall–Kier alpha value is -2.39. The number of fused-ring (bicyclic) bond motifs is 3. The predicted octanol–water partition coefficient (Wildman–Crippen LogP) is 3.19. The van der Waals surface area contributed by atoms with Gasteiger partial charge in [0.2, 0.25) is 0 Å². The molecule has 1 heterocycles. The molecule has 4 rings (SSSR count). The van der Waals surface area contributed by atoms with Crippen LogP contribution in [-0.4, -0.2) is 24.4 Å². The molecule has 0 saturated heterocycles. The molecule has 25 heavy (non-hydrogen) atoms. The first kappa shape index (κ1) is 18.9. The lowest BCUT2D eigenvalue weighted by atomic mass is 10.0. The maximum absolute atomic E-state index is 13.6. The van der Waals surface area contributed by atoms with Crippen LogP contribution in [0.25, 0.3) is 11.1 Å². The Balaban J connectivity index is 0.000000528. The Bertz CT molecular complexity index is 862. The Morgan fingerprint density at radius 1 is 0.680 bits per heavy atom. The SMILES string of the molecule is CO.CO.O=P1(c2ccccc2)Oc2ccccc2-c2ccccc21. The van der Waals surface area contributed by atoms with Gasteiger partial charge in [0, 0.05) is 19.8 Å². The summed E-state index contributed by atoms with van der Waals surface area (Å²) in [7, 11) is -1.09. The standard InChI is InChI=1S/C18H13O2P.2CH4O/c19-21(14-8-2-1-3-9-14)18-13-7-5-11-16(18)15-10-4-6-12-17(15)20-21;2*1-2/h1-13H;2*2H,1H3. The molecule has 5 heteroatoms. The van der Waals surface area contributed by atoms with Crippen molar-refractivity contribution < 1.29 is 19.3 Å². The smallest absolute Gasteiger partial charge is 0.307 e. The zero-order valence-electron chi connectivity index (χ0n) is 14.2. The predicted molar refractivity (Wildman–Crippen MR) is 102 cm³/mol. The highest BCUT2D eigenvalue weighted by molar-refractivity contribution is 7.75. The van der Waals surface area contributed by atoms with Crippen LogP contribution in [0.5, 0.6) is 5.75 Å². The van der Waals surface area contributed by atoms with Gasteiger partial charge in [-0.1, -0.05) is 54.6 Å². The van der Waals surface area contributed by atoms with Crippen molar-refractivity contribution >= 4 is 18.0 Å². The summed E-state index contributed by atoms with van der Waals surface area (Å²) < 4.78 is 19.6. The van der Waals surface area contributed by atoms with Gasteiger partial charge < -0.3 is 14.7 Å². The van der Waals surface area contributed by atoms with Crippen molar-refractivity contribution in [2.45, 2.75) is 0 Å². The van der Waals surface area contributed by atoms with Crippen LogP contribution in [0.3, 0.4) is 0 Å². The third-order valence-corrected chi connectivity index (χ3v) is 6.18. The van der Waals surface area contributed by atoms with Crippen LogP contribution >= 0.6 is 7.37 Å². The minimum absolute atomic E-state index is 0.684. The van der Waals surface area contributed by atoms with Gasteiger partial charge >= 0.3 is 7.37 Å². The molecule has 2 N–H and O–H groups in total. The van der Waals surface area contributed by atoms with Crippen molar-refractivity contribution in [3.63, 3.8) is 0 Å². The molecule has 3 aromatic rings. The van der Waals surface area contributed by atoms with Crippen LogP contribution in [0.1, 0.15) is 0 Å². The van der Waals surface area contributed by atoms with Gasteiger partial charge in [0.05, 0.1) is 10.6 Å². The van der Waals surface area contributed by atoms with Crippen molar-refractivity contribution in [2.75, 3.05) is 14.2 Å². The molecule has 0 aliphatic carbocycles. The van der Waals surface area contributed by atoms with E-state index in [0.29, 0.717) is 5.75 Å². The van der Waals surface area contributed by atoms with Crippen molar-refractivity contribution in [3.8, 4) is 16.9 Å². The zero-order valence-corrected chi connectivity index (χ0v) is 15.1. The molecule has 0 bridgehead atoms. The molecule has 0 fully saturated rings. The van der Waals surface area contributed by atoms with Crippen LogP contribution in [0.2, 0.25) is 0 Å². The number of aliphatic hydroxyl groups excluding tert-OH is 2. The Morgan fingerprint density at radius 3 is 1.88 bits per heavy atom. The number of hydrogen-bond donors (Lipinski definition) is 2. The zero-order chi connectivity index (χ0) is 18.3. The van der Waals surface area contributed by atoms with Crippen LogP contribution in [0, 0.1) is 0 Å². The summed E-state index contributed by atoms with van der Waals surface area (Å²) in [4.78, 5) is 0. The quantitative estimate of drug-likeness (QED) is 0.657. The van der Waals surface area contributed by atoms with E-state index in [1.54, 1.807) is 0 Å². The highest BCUT2D eigenvalue weighted by atomic mass is 31.2. The monoisotopic (exact) mass is 356 g/mol. The molecule has 1 atom stereocenters. The summed E-state index contributed by atoms with van der Waals surface area (Å²) in [6.45, 7) is 0. The fourth-order valence-corrected chi connectivity index (χ4v) is 5.01. The van der Waals surface area contributed by atoms with Gasteiger partial charge in [-0.3, -0.25) is 4.57 Å². The third-order valence-electron chi connectivity index (χ3n) is 3.72. The lowest BCUT2D eigenvalue weighted by Gasteiger charge is -2.28. The fourth-order valence-electron chi connectivity index (χ4n) is 2.73. The van der Waals surface area contributed by atoms with Gasteiger partial charge in [-0.15, -0.1) is 0 Å². The second kappa shape index (κ2) is 8.63. The minimum Gasteiger partial charge on any atom is -0.436 e. The van der Waals surface area contributed by atoms with E-state index in [1.165, 1.54) is 0 Å². The van der Waals surface area contributed by atoms with Gasteiger partial charge in [0.1, 0.15) is 5.75 Å². The van der Waals surface area contributed by atoms with Gasteiger partial charge in [0.25, 0.3) is 0 Å². The molecule has 0 spiro atoms. The molecule has 1 aliphatic rings. The highest BCUT2D eigenvalue weighted by Gasteiger charge is 2.37. The van der Waals surface area contributed by atoms with E-state index >= 15 is 0 Å². The lowest BCUT2D eigenvalue weighted by Crippen LogP contribution is -2.25. The van der Waals surface area contributed by atoms with Crippen molar-refractivity contribution in [1.82, 2.24) is 0 Å². The molecule has 1 unspecified atom stereocenters. The maximum Gasteiger partial charge on any atom is 0.307 e. The summed E-state index contributed by atoms with van der Waals surface area (Å²) >= 11 is 0. The van der Waals surface area contributed by atoms with Gasteiger partial charge in [-0.05, 0) is 29.8 Å².